The molecule has 7 nitrogen and oxygen atoms in total. The van der Waals surface area contributed by atoms with Crippen molar-refractivity contribution in [3.8, 4) is 5.75 Å². The number of anilines is 1. The van der Waals surface area contributed by atoms with Gasteiger partial charge in [-0.1, -0.05) is 12.1 Å². The van der Waals surface area contributed by atoms with Crippen LogP contribution < -0.4 is 4.90 Å². The third-order valence-corrected chi connectivity index (χ3v) is 3.61. The van der Waals surface area contributed by atoms with Gasteiger partial charge in [-0.05, 0) is 23.8 Å². The highest BCUT2D eigenvalue weighted by molar-refractivity contribution is 5.97. The number of amides is 1. The van der Waals surface area contributed by atoms with Crippen molar-refractivity contribution in [2.45, 2.75) is 6.54 Å². The van der Waals surface area contributed by atoms with Gasteiger partial charge in [0.1, 0.15) is 5.75 Å². The largest absolute Gasteiger partial charge is 0.507 e. The van der Waals surface area contributed by atoms with Crippen LogP contribution in [-0.4, -0.2) is 42.0 Å². The molecule has 7 heteroatoms. The summed E-state index contributed by atoms with van der Waals surface area (Å²) in [4.78, 5) is 26.1. The molecule has 0 aliphatic rings. The van der Waals surface area contributed by atoms with Crippen molar-refractivity contribution in [2.24, 2.45) is 0 Å². The van der Waals surface area contributed by atoms with Gasteiger partial charge in [0.05, 0.1) is 10.5 Å². The van der Waals surface area contributed by atoms with Gasteiger partial charge in [0, 0.05) is 45.5 Å². The Morgan fingerprint density at radius 3 is 2.50 bits per heavy atom. The molecule has 24 heavy (non-hydrogen) atoms. The SMILES string of the molecule is CN(Cc1cccc(N(C)C)c1)C(=O)c1cc([N+](=O)[O-])ccc1O. The molecule has 0 saturated heterocycles. The van der Waals surface area contributed by atoms with Crippen molar-refractivity contribution in [1.29, 1.82) is 0 Å². The van der Waals surface area contributed by atoms with Crippen LogP contribution in [0.1, 0.15) is 15.9 Å². The van der Waals surface area contributed by atoms with Crippen molar-refractivity contribution in [3.05, 3.63) is 63.7 Å². The van der Waals surface area contributed by atoms with Crippen LogP contribution in [0.2, 0.25) is 0 Å². The Balaban J connectivity index is 2.22. The van der Waals surface area contributed by atoms with Crippen molar-refractivity contribution >= 4 is 17.3 Å². The predicted octanol–water partition coefficient (Wildman–Crippen LogP) is 2.64. The molecule has 1 amide bonds. The minimum Gasteiger partial charge on any atom is -0.507 e. The number of carbonyl (C=O) groups excluding carboxylic acids is 1. The lowest BCUT2D eigenvalue weighted by Crippen LogP contribution is -2.26. The van der Waals surface area contributed by atoms with Crippen molar-refractivity contribution in [1.82, 2.24) is 4.90 Å². The number of hydrogen-bond donors (Lipinski definition) is 1. The van der Waals surface area contributed by atoms with E-state index in [0.29, 0.717) is 6.54 Å². The molecule has 0 aliphatic heterocycles. The molecule has 0 saturated carbocycles. The van der Waals surface area contributed by atoms with E-state index in [9.17, 15) is 20.0 Å². The number of non-ortho nitro benzene ring substituents is 1. The summed E-state index contributed by atoms with van der Waals surface area (Å²) < 4.78 is 0. The van der Waals surface area contributed by atoms with E-state index in [1.54, 1.807) is 7.05 Å². The fraction of sp³-hybridized carbons (Fsp3) is 0.235. The Morgan fingerprint density at radius 2 is 1.88 bits per heavy atom. The van der Waals surface area contributed by atoms with E-state index in [4.69, 9.17) is 0 Å². The standard InChI is InChI=1S/C17H19N3O4/c1-18(2)13-6-4-5-12(9-13)11-19(3)17(22)15-10-14(20(23)24)7-8-16(15)21/h4-10,21H,11H2,1-3H3. The fourth-order valence-corrected chi connectivity index (χ4v) is 2.29. The highest BCUT2D eigenvalue weighted by Crippen LogP contribution is 2.24. The van der Waals surface area contributed by atoms with Gasteiger partial charge in [-0.25, -0.2) is 0 Å². The molecule has 0 atom stereocenters. The summed E-state index contributed by atoms with van der Waals surface area (Å²) >= 11 is 0. The molecule has 2 aromatic carbocycles. The zero-order valence-electron chi connectivity index (χ0n) is 13.8. The molecule has 0 radical (unpaired) electrons. The lowest BCUT2D eigenvalue weighted by molar-refractivity contribution is -0.384. The van der Waals surface area contributed by atoms with E-state index in [1.165, 1.54) is 4.90 Å². The van der Waals surface area contributed by atoms with Crippen LogP contribution in [0.5, 0.6) is 5.75 Å². The molecule has 126 valence electrons. The van der Waals surface area contributed by atoms with Crippen molar-refractivity contribution < 1.29 is 14.8 Å². The molecule has 0 spiro atoms. The smallest absolute Gasteiger partial charge is 0.270 e. The third-order valence-electron chi connectivity index (χ3n) is 3.61. The quantitative estimate of drug-likeness (QED) is 0.673. The second kappa shape index (κ2) is 6.99. The monoisotopic (exact) mass is 329 g/mol. The first-order chi connectivity index (χ1) is 11.3. The first-order valence-electron chi connectivity index (χ1n) is 7.28. The van der Waals surface area contributed by atoms with E-state index in [-0.39, 0.29) is 17.0 Å². The van der Waals surface area contributed by atoms with E-state index < -0.39 is 10.8 Å². The second-order valence-electron chi connectivity index (χ2n) is 5.68. The molecule has 0 heterocycles. The highest BCUT2D eigenvalue weighted by atomic mass is 16.6. The predicted molar refractivity (Wildman–Crippen MR) is 91.3 cm³/mol. The summed E-state index contributed by atoms with van der Waals surface area (Å²) in [6.45, 7) is 0.322. The van der Waals surface area contributed by atoms with Gasteiger partial charge in [0.25, 0.3) is 11.6 Å². The van der Waals surface area contributed by atoms with Crippen molar-refractivity contribution in [2.75, 3.05) is 26.0 Å². The maximum absolute atomic E-state index is 12.5. The average molecular weight is 329 g/mol. The lowest BCUT2D eigenvalue weighted by Gasteiger charge is -2.19. The number of hydrogen-bond acceptors (Lipinski definition) is 5. The summed E-state index contributed by atoms with van der Waals surface area (Å²) in [6, 6.07) is 11.1. The summed E-state index contributed by atoms with van der Waals surface area (Å²) in [7, 11) is 5.44. The summed E-state index contributed by atoms with van der Waals surface area (Å²) in [5.74, 6) is -0.758. The van der Waals surface area contributed by atoms with E-state index in [1.807, 2.05) is 43.3 Å². The topological polar surface area (TPSA) is 86.9 Å². The Hall–Kier alpha value is -3.09. The van der Waals surface area contributed by atoms with E-state index in [2.05, 4.69) is 0 Å². The average Bonchev–Trinajstić information content (AvgIpc) is 2.54. The summed E-state index contributed by atoms with van der Waals surface area (Å²) in [6.07, 6.45) is 0. The summed E-state index contributed by atoms with van der Waals surface area (Å²) in [5.41, 5.74) is 1.60. The Bertz CT molecular complexity index is 774. The molecule has 2 rings (SSSR count). The number of nitrogens with zero attached hydrogens (tertiary/aromatic N) is 3. The first-order valence-corrected chi connectivity index (χ1v) is 7.28. The molecule has 0 aromatic heterocycles. The Kier molecular flexibility index (Phi) is 5.03. The molecule has 0 aliphatic carbocycles. The molecule has 0 fully saturated rings. The van der Waals surface area contributed by atoms with Crippen LogP contribution in [0, 0.1) is 10.1 Å². The van der Waals surface area contributed by atoms with Gasteiger partial charge in [-0.2, -0.15) is 0 Å². The number of phenolic OH excluding ortho intramolecular Hbond substituents is 1. The van der Waals surface area contributed by atoms with Crippen LogP contribution in [-0.2, 0) is 6.54 Å². The number of benzene rings is 2. The first kappa shape index (κ1) is 17.3. The number of nitro groups is 1. The van der Waals surface area contributed by atoms with Gasteiger partial charge in [-0.15, -0.1) is 0 Å². The van der Waals surface area contributed by atoms with Crippen LogP contribution in [0.3, 0.4) is 0 Å². The van der Waals surface area contributed by atoms with Crippen molar-refractivity contribution in [3.63, 3.8) is 0 Å². The Morgan fingerprint density at radius 1 is 1.17 bits per heavy atom. The van der Waals surface area contributed by atoms with Crippen LogP contribution in [0.4, 0.5) is 11.4 Å². The van der Waals surface area contributed by atoms with Gasteiger partial charge in [0.2, 0.25) is 0 Å². The van der Waals surface area contributed by atoms with E-state index >= 15 is 0 Å². The zero-order valence-corrected chi connectivity index (χ0v) is 13.8. The molecule has 0 bridgehead atoms. The second-order valence-corrected chi connectivity index (χ2v) is 5.68. The highest BCUT2D eigenvalue weighted by Gasteiger charge is 2.20. The number of phenols is 1. The minimum atomic E-state index is -0.600. The maximum atomic E-state index is 12.5. The van der Waals surface area contributed by atoms with Crippen LogP contribution in [0.15, 0.2) is 42.5 Å². The Labute approximate surface area is 139 Å². The normalized spacial score (nSPS) is 10.3. The summed E-state index contributed by atoms with van der Waals surface area (Å²) in [5, 5.41) is 20.7. The number of aromatic hydroxyl groups is 1. The number of nitro benzene ring substituents is 1. The fourth-order valence-electron chi connectivity index (χ4n) is 2.29. The lowest BCUT2D eigenvalue weighted by atomic mass is 10.1. The minimum absolute atomic E-state index is 0.0875. The number of carbonyl (C=O) groups is 1. The maximum Gasteiger partial charge on any atom is 0.270 e. The van der Waals surface area contributed by atoms with Gasteiger partial charge in [0.15, 0.2) is 0 Å². The third kappa shape index (κ3) is 3.81. The molecule has 2 aromatic rings. The molecule has 1 N–H and O–H groups in total. The van der Waals surface area contributed by atoms with Crippen LogP contribution in [0.25, 0.3) is 0 Å². The molecule has 0 unspecified atom stereocenters. The van der Waals surface area contributed by atoms with Gasteiger partial charge >= 0.3 is 0 Å². The van der Waals surface area contributed by atoms with Crippen LogP contribution >= 0.6 is 0 Å². The zero-order chi connectivity index (χ0) is 17.9. The van der Waals surface area contributed by atoms with E-state index in [0.717, 1.165) is 29.4 Å². The van der Waals surface area contributed by atoms with Gasteiger partial charge < -0.3 is 14.9 Å². The number of rotatable bonds is 5. The van der Waals surface area contributed by atoms with Gasteiger partial charge in [-0.3, -0.25) is 14.9 Å². The molecular weight excluding hydrogens is 310 g/mol. The molecular formula is C17H19N3O4.